The third-order valence-corrected chi connectivity index (χ3v) is 4.49. The molecule has 0 atom stereocenters. The zero-order valence-electron chi connectivity index (χ0n) is 13.8. The van der Waals surface area contributed by atoms with Crippen LogP contribution in [0.2, 0.25) is 0 Å². The number of nitrogens with one attached hydrogen (secondary N) is 2. The van der Waals surface area contributed by atoms with Gasteiger partial charge in [0.2, 0.25) is 5.91 Å². The molecule has 5 nitrogen and oxygen atoms in total. The fraction of sp³-hybridized carbons (Fsp3) is 0.333. The lowest BCUT2D eigenvalue weighted by Crippen LogP contribution is -2.38. The van der Waals surface area contributed by atoms with Crippen molar-refractivity contribution in [2.75, 3.05) is 20.1 Å². The van der Waals surface area contributed by atoms with Crippen LogP contribution < -0.4 is 10.6 Å². The summed E-state index contributed by atoms with van der Waals surface area (Å²) >= 11 is 1.68. The molecule has 1 heterocycles. The summed E-state index contributed by atoms with van der Waals surface area (Å²) in [4.78, 5) is 26.6. The van der Waals surface area contributed by atoms with E-state index >= 15 is 0 Å². The zero-order valence-corrected chi connectivity index (χ0v) is 14.6. The van der Waals surface area contributed by atoms with Crippen LogP contribution in [0.25, 0.3) is 0 Å². The van der Waals surface area contributed by atoms with Gasteiger partial charge in [0.15, 0.2) is 0 Å². The van der Waals surface area contributed by atoms with E-state index in [-0.39, 0.29) is 11.9 Å². The van der Waals surface area contributed by atoms with E-state index < -0.39 is 0 Å². The number of hydrogen-bond donors (Lipinski definition) is 2. The van der Waals surface area contributed by atoms with Crippen molar-refractivity contribution in [1.29, 1.82) is 0 Å². The Hall–Kier alpha value is -2.34. The van der Waals surface area contributed by atoms with Gasteiger partial charge in [-0.3, -0.25) is 4.79 Å². The van der Waals surface area contributed by atoms with Crippen molar-refractivity contribution in [3.05, 3.63) is 58.3 Å². The minimum absolute atomic E-state index is 0.0118. The first-order valence-corrected chi connectivity index (χ1v) is 8.85. The molecule has 0 aliphatic rings. The van der Waals surface area contributed by atoms with Crippen LogP contribution >= 0.6 is 11.3 Å². The molecule has 0 spiro atoms. The molecule has 6 heteroatoms. The molecule has 2 aromatic rings. The number of hydrogen-bond acceptors (Lipinski definition) is 3. The van der Waals surface area contributed by atoms with Crippen LogP contribution in [0, 0.1) is 0 Å². The van der Waals surface area contributed by atoms with Crippen molar-refractivity contribution >= 4 is 23.3 Å². The molecule has 1 aromatic heterocycles. The molecule has 0 bridgehead atoms. The van der Waals surface area contributed by atoms with E-state index in [1.54, 1.807) is 23.3 Å². The topological polar surface area (TPSA) is 61.4 Å². The van der Waals surface area contributed by atoms with Gasteiger partial charge in [0.1, 0.15) is 0 Å². The van der Waals surface area contributed by atoms with Gasteiger partial charge in [0.05, 0.1) is 0 Å². The van der Waals surface area contributed by atoms with Crippen molar-refractivity contribution in [3.8, 4) is 0 Å². The summed E-state index contributed by atoms with van der Waals surface area (Å²) in [6.45, 7) is 1.50. The molecule has 2 rings (SSSR count). The van der Waals surface area contributed by atoms with Gasteiger partial charge in [-0.1, -0.05) is 36.4 Å². The summed E-state index contributed by atoms with van der Waals surface area (Å²) in [6.07, 6.45) is 1.12. The van der Waals surface area contributed by atoms with E-state index in [0.29, 0.717) is 26.1 Å². The molecule has 3 amide bonds. The predicted octanol–water partition coefficient (Wildman–Crippen LogP) is 2.64. The van der Waals surface area contributed by atoms with Crippen LogP contribution in [0.4, 0.5) is 4.79 Å². The molecule has 24 heavy (non-hydrogen) atoms. The lowest BCUT2D eigenvalue weighted by molar-refractivity contribution is -0.130. The van der Waals surface area contributed by atoms with Crippen LogP contribution in [-0.4, -0.2) is 37.0 Å². The number of rotatable bonds is 8. The van der Waals surface area contributed by atoms with Crippen molar-refractivity contribution < 1.29 is 9.59 Å². The van der Waals surface area contributed by atoms with Crippen LogP contribution in [0.15, 0.2) is 47.8 Å². The van der Waals surface area contributed by atoms with Crippen molar-refractivity contribution in [2.45, 2.75) is 19.4 Å². The minimum atomic E-state index is -0.231. The third-order valence-electron chi connectivity index (χ3n) is 3.55. The molecule has 2 N–H and O–H groups in total. The molecule has 0 aliphatic heterocycles. The van der Waals surface area contributed by atoms with E-state index in [1.807, 2.05) is 47.8 Å². The second-order valence-corrected chi connectivity index (χ2v) is 6.53. The highest BCUT2D eigenvalue weighted by Gasteiger charge is 2.09. The third kappa shape index (κ3) is 6.42. The molecule has 0 fully saturated rings. The first kappa shape index (κ1) is 18.0. The Morgan fingerprint density at radius 2 is 1.79 bits per heavy atom. The van der Waals surface area contributed by atoms with E-state index in [0.717, 1.165) is 12.0 Å². The zero-order chi connectivity index (χ0) is 17.2. The quantitative estimate of drug-likeness (QED) is 0.773. The second-order valence-electron chi connectivity index (χ2n) is 5.50. The minimum Gasteiger partial charge on any atom is -0.341 e. The van der Waals surface area contributed by atoms with Gasteiger partial charge in [-0.2, -0.15) is 0 Å². The van der Waals surface area contributed by atoms with Gasteiger partial charge in [0.25, 0.3) is 0 Å². The highest BCUT2D eigenvalue weighted by Crippen LogP contribution is 2.08. The van der Waals surface area contributed by atoms with Crippen LogP contribution in [0.5, 0.6) is 0 Å². The summed E-state index contributed by atoms with van der Waals surface area (Å²) in [6, 6.07) is 13.7. The SMILES string of the molecule is CN(Cc1ccccc1)C(=O)CCNC(=O)NCCc1cccs1. The highest BCUT2D eigenvalue weighted by molar-refractivity contribution is 7.09. The van der Waals surface area contributed by atoms with Gasteiger partial charge in [-0.25, -0.2) is 4.79 Å². The van der Waals surface area contributed by atoms with Crippen LogP contribution in [-0.2, 0) is 17.8 Å². The number of thiophene rings is 1. The largest absolute Gasteiger partial charge is 0.341 e. The predicted molar refractivity (Wildman–Crippen MR) is 97.0 cm³/mol. The number of carbonyl (C=O) groups is 2. The molecule has 0 aliphatic carbocycles. The van der Waals surface area contributed by atoms with E-state index in [4.69, 9.17) is 0 Å². The lowest BCUT2D eigenvalue weighted by Gasteiger charge is -2.17. The molecule has 0 saturated heterocycles. The first-order valence-electron chi connectivity index (χ1n) is 7.97. The monoisotopic (exact) mass is 345 g/mol. The number of carbonyl (C=O) groups excluding carboxylic acids is 2. The average molecular weight is 345 g/mol. The van der Waals surface area contributed by atoms with Gasteiger partial charge in [-0.15, -0.1) is 11.3 Å². The van der Waals surface area contributed by atoms with Crippen molar-refractivity contribution in [3.63, 3.8) is 0 Å². The maximum absolute atomic E-state index is 12.1. The normalized spacial score (nSPS) is 10.2. The van der Waals surface area contributed by atoms with E-state index in [2.05, 4.69) is 10.6 Å². The summed E-state index contributed by atoms with van der Waals surface area (Å²) in [7, 11) is 1.77. The maximum Gasteiger partial charge on any atom is 0.314 e. The Balaban J connectivity index is 1.58. The summed E-state index contributed by atoms with van der Waals surface area (Å²) in [5.41, 5.74) is 1.09. The molecule has 0 saturated carbocycles. The average Bonchev–Trinajstić information content (AvgIpc) is 3.09. The number of amides is 3. The number of urea groups is 1. The Kier molecular flexibility index (Phi) is 7.29. The lowest BCUT2D eigenvalue weighted by atomic mass is 10.2. The molecule has 0 unspecified atom stereocenters. The fourth-order valence-electron chi connectivity index (χ4n) is 2.24. The smallest absolute Gasteiger partial charge is 0.314 e. The molecule has 1 aromatic carbocycles. The first-order chi connectivity index (χ1) is 11.6. The van der Waals surface area contributed by atoms with Gasteiger partial charge in [0, 0.05) is 38.0 Å². The Labute approximate surface area is 146 Å². The summed E-state index contributed by atoms with van der Waals surface area (Å²) in [5.74, 6) is 0.0118. The Morgan fingerprint density at radius 1 is 1.04 bits per heavy atom. The van der Waals surface area contributed by atoms with Gasteiger partial charge >= 0.3 is 6.03 Å². The highest BCUT2D eigenvalue weighted by atomic mass is 32.1. The molecular formula is C18H23N3O2S. The summed E-state index contributed by atoms with van der Waals surface area (Å²) in [5, 5.41) is 7.53. The van der Waals surface area contributed by atoms with Gasteiger partial charge in [-0.05, 0) is 23.4 Å². The van der Waals surface area contributed by atoms with Gasteiger partial charge < -0.3 is 15.5 Å². The standard InChI is InChI=1S/C18H23N3O2S/c1-21(14-15-6-3-2-4-7-15)17(22)10-12-20-18(23)19-11-9-16-8-5-13-24-16/h2-8,13H,9-12,14H2,1H3,(H2,19,20,23). The van der Waals surface area contributed by atoms with E-state index in [9.17, 15) is 9.59 Å². The summed E-state index contributed by atoms with van der Waals surface area (Å²) < 4.78 is 0. The molecular weight excluding hydrogens is 322 g/mol. The van der Waals surface area contributed by atoms with Crippen molar-refractivity contribution in [2.24, 2.45) is 0 Å². The Morgan fingerprint density at radius 3 is 2.50 bits per heavy atom. The van der Waals surface area contributed by atoms with Crippen molar-refractivity contribution in [1.82, 2.24) is 15.5 Å². The Bertz CT molecular complexity index is 629. The fourth-order valence-corrected chi connectivity index (χ4v) is 2.94. The van der Waals surface area contributed by atoms with Crippen LogP contribution in [0.3, 0.4) is 0 Å². The molecule has 0 radical (unpaired) electrons. The number of benzene rings is 1. The molecule has 128 valence electrons. The number of nitrogens with zero attached hydrogens (tertiary/aromatic N) is 1. The van der Waals surface area contributed by atoms with Crippen LogP contribution in [0.1, 0.15) is 16.9 Å². The second kappa shape index (κ2) is 9.72. The van der Waals surface area contributed by atoms with E-state index in [1.165, 1.54) is 4.88 Å². The maximum atomic E-state index is 12.1.